The lowest BCUT2D eigenvalue weighted by Crippen LogP contribution is -2.57. The van der Waals surface area contributed by atoms with Gasteiger partial charge in [-0.25, -0.2) is 4.79 Å². The fraction of sp³-hybridized carbons (Fsp3) is 0.333. The molecule has 4 rings (SSSR count). The average molecular weight is 506 g/mol. The maximum absolute atomic E-state index is 13.6. The number of amides is 3. The first-order valence-electron chi connectivity index (χ1n) is 12.3. The van der Waals surface area contributed by atoms with E-state index in [9.17, 15) is 24.3 Å². The molecule has 194 valence electrons. The molecule has 3 aromatic rings. The highest BCUT2D eigenvalue weighted by Crippen LogP contribution is 2.23. The van der Waals surface area contributed by atoms with E-state index in [2.05, 4.69) is 15.6 Å². The normalized spacial score (nSPS) is 16.8. The van der Waals surface area contributed by atoms with Crippen molar-refractivity contribution in [3.05, 3.63) is 71.9 Å². The van der Waals surface area contributed by atoms with Crippen molar-refractivity contribution in [3.8, 4) is 0 Å². The van der Waals surface area contributed by atoms with Gasteiger partial charge in [0.2, 0.25) is 17.7 Å². The number of benzene rings is 2. The smallest absolute Gasteiger partial charge is 0.326 e. The highest BCUT2D eigenvalue weighted by atomic mass is 16.4. The SMILES string of the molecule is NCC(=O)NC(Cc1ccccc1)C(=O)NC(Cc1c[nH]c2ccccc12)C(=O)N1CCCC1C(=O)O. The number of carbonyl (C=O) groups excluding carboxylic acids is 3. The van der Waals surface area contributed by atoms with E-state index in [0.717, 1.165) is 22.0 Å². The van der Waals surface area contributed by atoms with Gasteiger partial charge < -0.3 is 31.4 Å². The summed E-state index contributed by atoms with van der Waals surface area (Å²) in [5.41, 5.74) is 7.99. The van der Waals surface area contributed by atoms with E-state index in [0.29, 0.717) is 19.4 Å². The number of carboxylic acids is 1. The first-order chi connectivity index (χ1) is 17.9. The van der Waals surface area contributed by atoms with Crippen molar-refractivity contribution in [2.24, 2.45) is 5.73 Å². The Bertz CT molecular complexity index is 1270. The molecule has 0 radical (unpaired) electrons. The summed E-state index contributed by atoms with van der Waals surface area (Å²) in [5.74, 6) is -2.58. The van der Waals surface area contributed by atoms with Gasteiger partial charge in [-0.15, -0.1) is 0 Å². The van der Waals surface area contributed by atoms with Crippen LogP contribution in [0.5, 0.6) is 0 Å². The zero-order valence-corrected chi connectivity index (χ0v) is 20.4. The molecule has 2 aromatic carbocycles. The number of aromatic nitrogens is 1. The molecule has 2 heterocycles. The van der Waals surface area contributed by atoms with E-state index < -0.39 is 41.8 Å². The average Bonchev–Trinajstić information content (AvgIpc) is 3.56. The van der Waals surface area contributed by atoms with Gasteiger partial charge in [-0.05, 0) is 30.0 Å². The second kappa shape index (κ2) is 11.7. The number of hydrogen-bond donors (Lipinski definition) is 5. The summed E-state index contributed by atoms with van der Waals surface area (Å²) in [6.45, 7) is 0.0117. The molecule has 10 nitrogen and oxygen atoms in total. The summed E-state index contributed by atoms with van der Waals surface area (Å²) in [7, 11) is 0. The Kier molecular flexibility index (Phi) is 8.19. The first kappa shape index (κ1) is 25.9. The Morgan fingerprint density at radius 3 is 2.46 bits per heavy atom. The molecule has 3 unspecified atom stereocenters. The topological polar surface area (TPSA) is 158 Å². The Balaban J connectivity index is 1.61. The van der Waals surface area contributed by atoms with Crippen LogP contribution >= 0.6 is 0 Å². The second-order valence-electron chi connectivity index (χ2n) is 9.17. The van der Waals surface area contributed by atoms with E-state index in [1.807, 2.05) is 54.6 Å². The van der Waals surface area contributed by atoms with Crippen molar-refractivity contribution in [3.63, 3.8) is 0 Å². The molecule has 37 heavy (non-hydrogen) atoms. The number of carbonyl (C=O) groups is 4. The lowest BCUT2D eigenvalue weighted by Gasteiger charge is -2.29. The van der Waals surface area contributed by atoms with Crippen LogP contribution in [0.2, 0.25) is 0 Å². The molecule has 0 spiro atoms. The number of nitrogens with zero attached hydrogens (tertiary/aromatic N) is 1. The second-order valence-corrected chi connectivity index (χ2v) is 9.17. The molecule has 0 aliphatic carbocycles. The highest BCUT2D eigenvalue weighted by Gasteiger charge is 2.38. The maximum Gasteiger partial charge on any atom is 0.326 e. The third-order valence-corrected chi connectivity index (χ3v) is 6.65. The predicted molar refractivity (Wildman–Crippen MR) is 137 cm³/mol. The van der Waals surface area contributed by atoms with Crippen molar-refractivity contribution < 1.29 is 24.3 Å². The first-order valence-corrected chi connectivity index (χ1v) is 12.3. The summed E-state index contributed by atoms with van der Waals surface area (Å²) >= 11 is 0. The number of carboxylic acid groups (broad SMARTS) is 1. The van der Waals surface area contributed by atoms with E-state index in [1.165, 1.54) is 4.90 Å². The van der Waals surface area contributed by atoms with Gasteiger partial charge in [0.25, 0.3) is 0 Å². The number of para-hydroxylation sites is 1. The van der Waals surface area contributed by atoms with Gasteiger partial charge in [-0.2, -0.15) is 0 Å². The lowest BCUT2D eigenvalue weighted by atomic mass is 10.0. The van der Waals surface area contributed by atoms with Gasteiger partial charge in [0.1, 0.15) is 18.1 Å². The van der Waals surface area contributed by atoms with E-state index in [-0.39, 0.29) is 19.4 Å². The van der Waals surface area contributed by atoms with Gasteiger partial charge in [0.15, 0.2) is 0 Å². The number of nitrogens with two attached hydrogens (primary N) is 1. The molecule has 3 amide bonds. The molecule has 1 aliphatic rings. The largest absolute Gasteiger partial charge is 0.480 e. The van der Waals surface area contributed by atoms with Crippen molar-refractivity contribution >= 4 is 34.6 Å². The molecular formula is C27H31N5O5. The fourth-order valence-corrected chi connectivity index (χ4v) is 4.79. The minimum absolute atomic E-state index is 0.153. The van der Waals surface area contributed by atoms with Gasteiger partial charge in [-0.3, -0.25) is 14.4 Å². The fourth-order valence-electron chi connectivity index (χ4n) is 4.79. The molecule has 3 atom stereocenters. The minimum atomic E-state index is -1.07. The summed E-state index contributed by atoms with van der Waals surface area (Å²) in [4.78, 5) is 55.5. The van der Waals surface area contributed by atoms with E-state index >= 15 is 0 Å². The van der Waals surface area contributed by atoms with Crippen LogP contribution in [0.1, 0.15) is 24.0 Å². The Morgan fingerprint density at radius 2 is 1.73 bits per heavy atom. The van der Waals surface area contributed by atoms with Crippen molar-refractivity contribution in [2.45, 2.75) is 43.8 Å². The van der Waals surface area contributed by atoms with Crippen LogP contribution in [0.3, 0.4) is 0 Å². The number of hydrogen-bond acceptors (Lipinski definition) is 5. The number of aromatic amines is 1. The molecule has 6 N–H and O–H groups in total. The number of fused-ring (bicyclic) bond motifs is 1. The Hall–Kier alpha value is -4.18. The van der Waals surface area contributed by atoms with Crippen LogP contribution in [0, 0.1) is 0 Å². The Morgan fingerprint density at radius 1 is 1.00 bits per heavy atom. The van der Waals surface area contributed by atoms with Crippen molar-refractivity contribution in [1.82, 2.24) is 20.5 Å². The van der Waals surface area contributed by atoms with Crippen molar-refractivity contribution in [1.29, 1.82) is 0 Å². The number of H-pyrrole nitrogens is 1. The minimum Gasteiger partial charge on any atom is -0.480 e. The third-order valence-electron chi connectivity index (χ3n) is 6.65. The van der Waals surface area contributed by atoms with Crippen LogP contribution in [-0.2, 0) is 32.0 Å². The van der Waals surface area contributed by atoms with E-state index in [4.69, 9.17) is 5.73 Å². The number of aliphatic carboxylic acids is 1. The van der Waals surface area contributed by atoms with Crippen LogP contribution in [0.25, 0.3) is 10.9 Å². The predicted octanol–water partition coefficient (Wildman–Crippen LogP) is 0.957. The number of likely N-dealkylation sites (tertiary alicyclic amines) is 1. The highest BCUT2D eigenvalue weighted by molar-refractivity contribution is 5.94. The monoisotopic (exact) mass is 505 g/mol. The maximum atomic E-state index is 13.6. The lowest BCUT2D eigenvalue weighted by molar-refractivity contribution is -0.149. The van der Waals surface area contributed by atoms with Gasteiger partial charge >= 0.3 is 5.97 Å². The summed E-state index contributed by atoms with van der Waals surface area (Å²) < 4.78 is 0. The van der Waals surface area contributed by atoms with Gasteiger partial charge in [0.05, 0.1) is 6.54 Å². The molecule has 1 aliphatic heterocycles. The quantitative estimate of drug-likeness (QED) is 0.276. The molecular weight excluding hydrogens is 474 g/mol. The molecule has 0 bridgehead atoms. The van der Waals surface area contributed by atoms with Crippen LogP contribution in [0.4, 0.5) is 0 Å². The summed E-state index contributed by atoms with van der Waals surface area (Å²) in [6.07, 6.45) is 3.07. The molecule has 1 fully saturated rings. The number of nitrogens with one attached hydrogen (secondary N) is 3. The summed E-state index contributed by atoms with van der Waals surface area (Å²) in [5, 5.41) is 16.0. The molecule has 10 heteroatoms. The Labute approximate surface area is 214 Å². The van der Waals surface area contributed by atoms with Crippen LogP contribution in [0.15, 0.2) is 60.8 Å². The number of rotatable bonds is 10. The van der Waals surface area contributed by atoms with E-state index in [1.54, 1.807) is 6.20 Å². The van der Waals surface area contributed by atoms with Crippen LogP contribution in [-0.4, -0.2) is 69.9 Å². The molecule has 0 saturated carbocycles. The van der Waals surface area contributed by atoms with Crippen LogP contribution < -0.4 is 16.4 Å². The van der Waals surface area contributed by atoms with Gasteiger partial charge in [0, 0.05) is 36.5 Å². The summed E-state index contributed by atoms with van der Waals surface area (Å²) in [6, 6.07) is 13.9. The molecule has 1 saturated heterocycles. The zero-order valence-electron chi connectivity index (χ0n) is 20.4. The standard InChI is InChI=1S/C27H31N5O5/c28-15-24(33)30-21(13-17-7-2-1-3-8-17)25(34)31-22(26(35)32-12-6-11-23(32)27(36)37)14-18-16-29-20-10-5-4-9-19(18)20/h1-5,7-10,16,21-23,29H,6,11-15,28H2,(H,30,33)(H,31,34)(H,36,37). The van der Waals surface area contributed by atoms with Gasteiger partial charge in [-0.1, -0.05) is 48.5 Å². The third kappa shape index (κ3) is 6.15. The zero-order chi connectivity index (χ0) is 26.4. The van der Waals surface area contributed by atoms with Crippen molar-refractivity contribution in [2.75, 3.05) is 13.1 Å². The molecule has 1 aromatic heterocycles.